The second kappa shape index (κ2) is 7.94. The van der Waals surface area contributed by atoms with Crippen LogP contribution in [0, 0.1) is 0 Å². The second-order valence-corrected chi connectivity index (χ2v) is 10.8. The van der Waals surface area contributed by atoms with Crippen molar-refractivity contribution < 1.29 is 18.3 Å². The Balaban J connectivity index is 1.84. The van der Waals surface area contributed by atoms with Crippen LogP contribution in [0.2, 0.25) is 0 Å². The summed E-state index contributed by atoms with van der Waals surface area (Å²) in [6.45, 7) is 6.13. The SMILES string of the molecule is CC(=O)C[C@H]1CN(S(=O)(=O)c2cccs2)CCN1c1ccc(C(C)(C)O)cc1. The predicted molar refractivity (Wildman–Crippen MR) is 111 cm³/mol. The van der Waals surface area contributed by atoms with Crippen molar-refractivity contribution in [1.29, 1.82) is 0 Å². The lowest BCUT2D eigenvalue weighted by molar-refractivity contribution is -0.117. The maximum atomic E-state index is 12.9. The first kappa shape index (κ1) is 21.0. The molecule has 2 aromatic rings. The highest BCUT2D eigenvalue weighted by Crippen LogP contribution is 2.29. The molecule has 1 atom stereocenters. The molecule has 0 bridgehead atoms. The first-order chi connectivity index (χ1) is 13.1. The zero-order valence-electron chi connectivity index (χ0n) is 16.3. The molecule has 0 aliphatic carbocycles. The number of aliphatic hydroxyl groups is 1. The number of thiophene rings is 1. The normalized spacial score (nSPS) is 19.0. The van der Waals surface area contributed by atoms with Crippen molar-refractivity contribution in [2.75, 3.05) is 24.5 Å². The molecule has 1 saturated heterocycles. The fraction of sp³-hybridized carbons (Fsp3) is 0.450. The first-order valence-electron chi connectivity index (χ1n) is 9.21. The minimum absolute atomic E-state index is 0.0264. The molecule has 1 aliphatic heterocycles. The highest BCUT2D eigenvalue weighted by Gasteiger charge is 2.35. The van der Waals surface area contributed by atoms with E-state index in [9.17, 15) is 18.3 Å². The van der Waals surface area contributed by atoms with E-state index in [0.29, 0.717) is 17.3 Å². The van der Waals surface area contributed by atoms with Gasteiger partial charge in [0.25, 0.3) is 10.0 Å². The summed E-state index contributed by atoms with van der Waals surface area (Å²) in [5, 5.41) is 11.9. The number of rotatable bonds is 6. The van der Waals surface area contributed by atoms with Crippen molar-refractivity contribution in [3.63, 3.8) is 0 Å². The first-order valence-corrected chi connectivity index (χ1v) is 11.5. The van der Waals surface area contributed by atoms with E-state index in [-0.39, 0.29) is 24.8 Å². The summed E-state index contributed by atoms with van der Waals surface area (Å²) >= 11 is 1.21. The standard InChI is InChI=1S/C20H26N2O4S2/c1-15(23)13-18-14-21(28(25,26)19-5-4-12-27-19)10-11-22(18)17-8-6-16(7-9-17)20(2,3)24/h4-9,12,18,24H,10-11,13-14H2,1-3H3/t18-/m0/s1. The summed E-state index contributed by atoms with van der Waals surface area (Å²) in [6, 6.07) is 10.7. The van der Waals surface area contributed by atoms with Crippen molar-refractivity contribution in [3.05, 3.63) is 47.3 Å². The molecule has 2 heterocycles. The quantitative estimate of drug-likeness (QED) is 0.775. The van der Waals surface area contributed by atoms with Crippen LogP contribution in [-0.4, -0.2) is 49.3 Å². The number of Topliss-reactive ketones (excluding diaryl/α,β-unsaturated/α-hetero) is 1. The molecule has 6 nitrogen and oxygen atoms in total. The molecule has 1 N–H and O–H groups in total. The molecule has 1 aromatic carbocycles. The molecule has 0 saturated carbocycles. The van der Waals surface area contributed by atoms with Gasteiger partial charge in [0, 0.05) is 37.8 Å². The molecule has 0 amide bonds. The van der Waals surface area contributed by atoms with Crippen LogP contribution in [0.3, 0.4) is 0 Å². The van der Waals surface area contributed by atoms with Crippen molar-refractivity contribution >= 4 is 32.8 Å². The molecule has 0 radical (unpaired) electrons. The number of hydrogen-bond donors (Lipinski definition) is 1. The molecule has 1 aliphatic rings. The Labute approximate surface area is 170 Å². The van der Waals surface area contributed by atoms with E-state index in [0.717, 1.165) is 11.3 Å². The topological polar surface area (TPSA) is 77.9 Å². The van der Waals surface area contributed by atoms with Crippen LogP contribution >= 0.6 is 11.3 Å². The molecule has 28 heavy (non-hydrogen) atoms. The molecule has 3 rings (SSSR count). The van der Waals surface area contributed by atoms with E-state index in [1.165, 1.54) is 22.6 Å². The fourth-order valence-corrected chi connectivity index (χ4v) is 6.10. The Morgan fingerprint density at radius 1 is 1.21 bits per heavy atom. The molecular formula is C20H26N2O4S2. The molecule has 0 unspecified atom stereocenters. The maximum absolute atomic E-state index is 12.9. The molecule has 0 spiro atoms. The third-order valence-electron chi connectivity index (χ3n) is 4.96. The number of carbonyl (C=O) groups excluding carboxylic acids is 1. The average molecular weight is 423 g/mol. The Morgan fingerprint density at radius 2 is 1.89 bits per heavy atom. The third kappa shape index (κ3) is 4.46. The van der Waals surface area contributed by atoms with Crippen LogP contribution in [0.25, 0.3) is 0 Å². The van der Waals surface area contributed by atoms with Gasteiger partial charge in [0.1, 0.15) is 9.99 Å². The summed E-state index contributed by atoms with van der Waals surface area (Å²) in [5.74, 6) is 0.0264. The Hall–Kier alpha value is -1.74. The van der Waals surface area contributed by atoms with Crippen LogP contribution in [0.5, 0.6) is 0 Å². The maximum Gasteiger partial charge on any atom is 0.252 e. The number of sulfonamides is 1. The fourth-order valence-electron chi connectivity index (χ4n) is 3.49. The van der Waals surface area contributed by atoms with Gasteiger partial charge in [0.15, 0.2) is 0 Å². The lowest BCUT2D eigenvalue weighted by Crippen LogP contribution is -2.55. The Bertz CT molecular complexity index is 916. The summed E-state index contributed by atoms with van der Waals surface area (Å²) < 4.78 is 27.6. The van der Waals surface area contributed by atoms with Gasteiger partial charge < -0.3 is 10.0 Å². The molecule has 152 valence electrons. The smallest absolute Gasteiger partial charge is 0.252 e. The Kier molecular flexibility index (Phi) is 5.95. The van der Waals surface area contributed by atoms with Gasteiger partial charge in [-0.3, -0.25) is 4.79 Å². The Morgan fingerprint density at radius 3 is 2.43 bits per heavy atom. The number of ketones is 1. The lowest BCUT2D eigenvalue weighted by Gasteiger charge is -2.42. The summed E-state index contributed by atoms with van der Waals surface area (Å²) in [6.07, 6.45) is 0.281. The summed E-state index contributed by atoms with van der Waals surface area (Å²) in [5.41, 5.74) is 0.802. The van der Waals surface area contributed by atoms with Crippen molar-refractivity contribution in [2.24, 2.45) is 0 Å². The molecule has 8 heteroatoms. The summed E-state index contributed by atoms with van der Waals surface area (Å²) in [7, 11) is -3.54. The lowest BCUT2D eigenvalue weighted by atomic mass is 9.97. The van der Waals surface area contributed by atoms with Crippen LogP contribution in [0.4, 0.5) is 5.69 Å². The van der Waals surface area contributed by atoms with Gasteiger partial charge in [-0.25, -0.2) is 8.42 Å². The van der Waals surface area contributed by atoms with Gasteiger partial charge in [-0.05, 0) is 49.9 Å². The highest BCUT2D eigenvalue weighted by atomic mass is 32.2. The van der Waals surface area contributed by atoms with Gasteiger partial charge >= 0.3 is 0 Å². The number of anilines is 1. The van der Waals surface area contributed by atoms with Gasteiger partial charge in [0.05, 0.1) is 5.60 Å². The molecular weight excluding hydrogens is 396 g/mol. The van der Waals surface area contributed by atoms with E-state index in [2.05, 4.69) is 4.90 Å². The van der Waals surface area contributed by atoms with Crippen LogP contribution < -0.4 is 4.90 Å². The van der Waals surface area contributed by atoms with Gasteiger partial charge in [0.2, 0.25) is 0 Å². The van der Waals surface area contributed by atoms with Crippen molar-refractivity contribution in [3.8, 4) is 0 Å². The zero-order valence-corrected chi connectivity index (χ0v) is 18.0. The van der Waals surface area contributed by atoms with Gasteiger partial charge in [-0.15, -0.1) is 11.3 Å². The van der Waals surface area contributed by atoms with E-state index in [1.54, 1.807) is 31.4 Å². The predicted octanol–water partition coefficient (Wildman–Crippen LogP) is 2.83. The van der Waals surface area contributed by atoms with Crippen LogP contribution in [-0.2, 0) is 20.4 Å². The molecule has 1 fully saturated rings. The van der Waals surface area contributed by atoms with E-state index in [4.69, 9.17) is 0 Å². The van der Waals surface area contributed by atoms with E-state index < -0.39 is 15.6 Å². The number of piperazine rings is 1. The second-order valence-electron chi connectivity index (χ2n) is 7.65. The van der Waals surface area contributed by atoms with Gasteiger partial charge in [-0.2, -0.15) is 4.31 Å². The summed E-state index contributed by atoms with van der Waals surface area (Å²) in [4.78, 5) is 13.9. The van der Waals surface area contributed by atoms with Gasteiger partial charge in [-0.1, -0.05) is 18.2 Å². The number of hydrogen-bond acceptors (Lipinski definition) is 6. The van der Waals surface area contributed by atoms with E-state index in [1.807, 2.05) is 24.3 Å². The minimum Gasteiger partial charge on any atom is -0.386 e. The number of nitrogens with zero attached hydrogens (tertiary/aromatic N) is 2. The zero-order chi connectivity index (χ0) is 20.5. The largest absolute Gasteiger partial charge is 0.386 e. The number of benzene rings is 1. The van der Waals surface area contributed by atoms with Crippen molar-refractivity contribution in [1.82, 2.24) is 4.31 Å². The highest BCUT2D eigenvalue weighted by molar-refractivity contribution is 7.91. The van der Waals surface area contributed by atoms with Crippen LogP contribution in [0.15, 0.2) is 46.0 Å². The van der Waals surface area contributed by atoms with Crippen LogP contribution in [0.1, 0.15) is 32.8 Å². The third-order valence-corrected chi connectivity index (χ3v) is 8.20. The van der Waals surface area contributed by atoms with E-state index >= 15 is 0 Å². The molecule has 1 aromatic heterocycles. The average Bonchev–Trinajstić information content (AvgIpc) is 3.16. The monoisotopic (exact) mass is 422 g/mol. The van der Waals surface area contributed by atoms with Crippen molar-refractivity contribution in [2.45, 2.75) is 43.0 Å². The minimum atomic E-state index is -3.54. The number of carbonyl (C=O) groups is 1.